The van der Waals surface area contributed by atoms with Crippen molar-refractivity contribution in [1.29, 1.82) is 0 Å². The van der Waals surface area contributed by atoms with Crippen LogP contribution >= 0.6 is 11.6 Å². The highest BCUT2D eigenvalue weighted by atomic mass is 35.5. The number of benzene rings is 1. The smallest absolute Gasteiger partial charge is 0.410 e. The van der Waals surface area contributed by atoms with Gasteiger partial charge in [-0.1, -0.05) is 23.7 Å². The Kier molecular flexibility index (Phi) is 5.14. The first-order valence-corrected chi connectivity index (χ1v) is 7.74. The molecule has 0 aliphatic carbocycles. The lowest BCUT2D eigenvalue weighted by Gasteiger charge is -2.30. The van der Waals surface area contributed by atoms with Crippen molar-refractivity contribution < 1.29 is 14.6 Å². The van der Waals surface area contributed by atoms with Gasteiger partial charge in [0, 0.05) is 18.1 Å². The summed E-state index contributed by atoms with van der Waals surface area (Å²) in [6, 6.07) is 5.47. The largest absolute Gasteiger partial charge is 0.444 e. The molecule has 0 radical (unpaired) electrons. The summed E-state index contributed by atoms with van der Waals surface area (Å²) in [5.74, 6) is 0. The van der Waals surface area contributed by atoms with Gasteiger partial charge in [-0.2, -0.15) is 0 Å². The minimum absolute atomic E-state index is 0.0282. The zero-order valence-corrected chi connectivity index (χ0v) is 14.0. The van der Waals surface area contributed by atoms with Crippen LogP contribution in [0.3, 0.4) is 0 Å². The molecule has 1 N–H and O–H groups in total. The maximum atomic E-state index is 12.0. The number of halogens is 1. The van der Waals surface area contributed by atoms with Gasteiger partial charge in [0.15, 0.2) is 0 Å². The van der Waals surface area contributed by atoms with Crippen LogP contribution in [0.15, 0.2) is 24.3 Å². The van der Waals surface area contributed by atoms with E-state index >= 15 is 0 Å². The Labute approximate surface area is 136 Å². The number of ether oxygens (including phenoxy) is 1. The quantitative estimate of drug-likeness (QED) is 0.899. The van der Waals surface area contributed by atoms with Crippen LogP contribution in [0.2, 0.25) is 5.02 Å². The fourth-order valence-electron chi connectivity index (χ4n) is 2.39. The monoisotopic (exact) mass is 323 g/mol. The molecule has 1 aliphatic rings. The van der Waals surface area contributed by atoms with Crippen LogP contribution < -0.4 is 0 Å². The molecule has 0 atom stereocenters. The van der Waals surface area contributed by atoms with Gasteiger partial charge in [0.05, 0.1) is 6.61 Å². The lowest BCUT2D eigenvalue weighted by molar-refractivity contribution is 0.0270. The number of aliphatic hydroxyl groups excluding tert-OH is 1. The highest BCUT2D eigenvalue weighted by molar-refractivity contribution is 6.30. The minimum Gasteiger partial charge on any atom is -0.444 e. The van der Waals surface area contributed by atoms with Gasteiger partial charge in [0.2, 0.25) is 0 Å². The molecule has 0 fully saturated rings. The number of aliphatic hydroxyl groups is 1. The highest BCUT2D eigenvalue weighted by Crippen LogP contribution is 2.28. The van der Waals surface area contributed by atoms with Gasteiger partial charge in [-0.3, -0.25) is 0 Å². The number of carbonyl (C=O) groups is 1. The standard InChI is InChI=1S/C17H22ClNO3/c1-17(2,3)22-16(21)19-8-6-12(7-9-19)15-10-14(18)5-4-13(15)11-20/h4-6,10,20H,7-9,11H2,1-3H3. The van der Waals surface area contributed by atoms with Crippen LogP contribution in [0.1, 0.15) is 38.3 Å². The molecule has 0 saturated heterocycles. The van der Waals surface area contributed by atoms with Gasteiger partial charge in [-0.05, 0) is 56.0 Å². The summed E-state index contributed by atoms with van der Waals surface area (Å²) in [5, 5.41) is 10.1. The summed E-state index contributed by atoms with van der Waals surface area (Å²) in [5.41, 5.74) is 2.42. The Hall–Kier alpha value is -1.52. The zero-order chi connectivity index (χ0) is 16.3. The Morgan fingerprint density at radius 2 is 2.14 bits per heavy atom. The normalized spacial score (nSPS) is 15.5. The van der Waals surface area contributed by atoms with E-state index in [2.05, 4.69) is 0 Å². The number of hydrogen-bond acceptors (Lipinski definition) is 3. The van der Waals surface area contributed by atoms with Gasteiger partial charge in [-0.25, -0.2) is 4.79 Å². The summed E-state index contributed by atoms with van der Waals surface area (Å²) in [4.78, 5) is 13.7. The Bertz CT molecular complexity index is 590. The van der Waals surface area contributed by atoms with E-state index in [0.717, 1.165) is 16.7 Å². The van der Waals surface area contributed by atoms with E-state index in [1.165, 1.54) is 0 Å². The first kappa shape index (κ1) is 16.8. The summed E-state index contributed by atoms with van der Waals surface area (Å²) in [7, 11) is 0. The lowest BCUT2D eigenvalue weighted by atomic mass is 9.95. The molecule has 1 heterocycles. The van der Waals surface area contributed by atoms with Crippen molar-refractivity contribution in [2.24, 2.45) is 0 Å². The SMILES string of the molecule is CC(C)(C)OC(=O)N1CC=C(c2cc(Cl)ccc2CO)CC1. The molecule has 1 aromatic rings. The van der Waals surface area contributed by atoms with Gasteiger partial charge in [-0.15, -0.1) is 0 Å². The second-order valence-electron chi connectivity index (χ2n) is 6.37. The maximum absolute atomic E-state index is 12.0. The van der Waals surface area contributed by atoms with Crippen LogP contribution in [0, 0.1) is 0 Å². The summed E-state index contributed by atoms with van der Waals surface area (Å²) >= 11 is 6.05. The average Bonchev–Trinajstić information content (AvgIpc) is 2.45. The lowest BCUT2D eigenvalue weighted by Crippen LogP contribution is -2.39. The van der Waals surface area contributed by atoms with E-state index in [4.69, 9.17) is 16.3 Å². The second kappa shape index (κ2) is 6.71. The fourth-order valence-corrected chi connectivity index (χ4v) is 2.56. The molecule has 2 rings (SSSR count). The predicted molar refractivity (Wildman–Crippen MR) is 87.8 cm³/mol. The third-order valence-corrected chi connectivity index (χ3v) is 3.68. The van der Waals surface area contributed by atoms with E-state index in [0.29, 0.717) is 24.5 Å². The Balaban J connectivity index is 2.12. The van der Waals surface area contributed by atoms with Crippen LogP contribution in [-0.2, 0) is 11.3 Å². The Morgan fingerprint density at radius 3 is 2.68 bits per heavy atom. The van der Waals surface area contributed by atoms with Crippen molar-refractivity contribution in [3.8, 4) is 0 Å². The first-order chi connectivity index (χ1) is 10.3. The number of hydrogen-bond donors (Lipinski definition) is 1. The number of nitrogens with zero attached hydrogens (tertiary/aromatic N) is 1. The highest BCUT2D eigenvalue weighted by Gasteiger charge is 2.24. The third-order valence-electron chi connectivity index (χ3n) is 3.45. The van der Waals surface area contributed by atoms with E-state index in [9.17, 15) is 9.90 Å². The van der Waals surface area contributed by atoms with Crippen molar-refractivity contribution in [1.82, 2.24) is 4.90 Å². The predicted octanol–water partition coefficient (Wildman–Crippen LogP) is 3.86. The van der Waals surface area contributed by atoms with Crippen LogP contribution in [-0.4, -0.2) is 34.8 Å². The van der Waals surface area contributed by atoms with E-state index in [1.807, 2.05) is 39.0 Å². The summed E-state index contributed by atoms with van der Waals surface area (Å²) in [6.07, 6.45) is 2.42. The van der Waals surface area contributed by atoms with Gasteiger partial charge in [0.25, 0.3) is 0 Å². The molecule has 0 spiro atoms. The number of carbonyl (C=O) groups excluding carboxylic acids is 1. The van der Waals surface area contributed by atoms with Crippen molar-refractivity contribution in [2.75, 3.05) is 13.1 Å². The second-order valence-corrected chi connectivity index (χ2v) is 6.80. The molecule has 1 amide bonds. The van der Waals surface area contributed by atoms with Crippen molar-refractivity contribution in [3.63, 3.8) is 0 Å². The molecule has 120 valence electrons. The molecule has 0 saturated carbocycles. The van der Waals surface area contributed by atoms with E-state index in [1.54, 1.807) is 11.0 Å². The van der Waals surface area contributed by atoms with Gasteiger partial charge < -0.3 is 14.7 Å². The van der Waals surface area contributed by atoms with Crippen molar-refractivity contribution in [2.45, 2.75) is 39.4 Å². The van der Waals surface area contributed by atoms with Crippen LogP contribution in [0.25, 0.3) is 5.57 Å². The molecular formula is C17H22ClNO3. The average molecular weight is 324 g/mol. The molecule has 1 aliphatic heterocycles. The molecule has 1 aromatic carbocycles. The molecule has 0 aromatic heterocycles. The third kappa shape index (κ3) is 4.24. The minimum atomic E-state index is -0.488. The first-order valence-electron chi connectivity index (χ1n) is 7.37. The summed E-state index contributed by atoms with van der Waals surface area (Å²) in [6.45, 7) is 6.64. The summed E-state index contributed by atoms with van der Waals surface area (Å²) < 4.78 is 5.38. The molecule has 0 bridgehead atoms. The van der Waals surface area contributed by atoms with Crippen molar-refractivity contribution in [3.05, 3.63) is 40.4 Å². The van der Waals surface area contributed by atoms with E-state index < -0.39 is 5.60 Å². The molecule has 4 nitrogen and oxygen atoms in total. The van der Waals surface area contributed by atoms with Crippen LogP contribution in [0.4, 0.5) is 4.79 Å². The number of amides is 1. The maximum Gasteiger partial charge on any atom is 0.410 e. The molecular weight excluding hydrogens is 302 g/mol. The van der Waals surface area contributed by atoms with E-state index in [-0.39, 0.29) is 12.7 Å². The van der Waals surface area contributed by atoms with Gasteiger partial charge >= 0.3 is 6.09 Å². The molecule has 22 heavy (non-hydrogen) atoms. The topological polar surface area (TPSA) is 49.8 Å². The molecule has 0 unspecified atom stereocenters. The zero-order valence-electron chi connectivity index (χ0n) is 13.2. The number of rotatable bonds is 2. The van der Waals surface area contributed by atoms with Crippen molar-refractivity contribution >= 4 is 23.3 Å². The fraction of sp³-hybridized carbons (Fsp3) is 0.471. The Morgan fingerprint density at radius 1 is 1.41 bits per heavy atom. The molecule has 5 heteroatoms. The van der Waals surface area contributed by atoms with Gasteiger partial charge in [0.1, 0.15) is 5.60 Å². The van der Waals surface area contributed by atoms with Crippen LogP contribution in [0.5, 0.6) is 0 Å².